The third-order valence-electron chi connectivity index (χ3n) is 5.79. The standard InChI is InChI=1S/C25H32ClN3O/c1-4-6-8-18(15-17(3)5-2)29-22-12-14-28-25(19-11-13-27-16-20(19)22)24-21(26)9-7-10-23(24)30/h7,9-13,16-18,29-30H,4-6,8,14-15H2,1-3H3. The van der Waals surface area contributed by atoms with Crippen molar-refractivity contribution in [3.05, 3.63) is 64.4 Å². The van der Waals surface area contributed by atoms with E-state index in [9.17, 15) is 5.11 Å². The van der Waals surface area contributed by atoms with Crippen molar-refractivity contribution in [1.29, 1.82) is 0 Å². The number of hydrogen-bond donors (Lipinski definition) is 2. The van der Waals surface area contributed by atoms with Crippen LogP contribution >= 0.6 is 11.6 Å². The van der Waals surface area contributed by atoms with Crippen LogP contribution in [-0.4, -0.2) is 28.4 Å². The van der Waals surface area contributed by atoms with Gasteiger partial charge in [-0.3, -0.25) is 9.98 Å². The average molecular weight is 426 g/mol. The number of rotatable bonds is 9. The number of phenolic OH excluding ortho intramolecular Hbond substituents is 1. The van der Waals surface area contributed by atoms with E-state index in [1.807, 2.05) is 12.3 Å². The zero-order valence-electron chi connectivity index (χ0n) is 18.2. The minimum Gasteiger partial charge on any atom is -0.507 e. The van der Waals surface area contributed by atoms with Gasteiger partial charge < -0.3 is 10.4 Å². The molecule has 2 unspecified atom stereocenters. The first kappa shape index (κ1) is 22.4. The van der Waals surface area contributed by atoms with Gasteiger partial charge in [0.1, 0.15) is 5.75 Å². The van der Waals surface area contributed by atoms with Crippen molar-refractivity contribution < 1.29 is 5.11 Å². The first-order chi connectivity index (χ1) is 14.5. The predicted molar refractivity (Wildman–Crippen MR) is 126 cm³/mol. The summed E-state index contributed by atoms with van der Waals surface area (Å²) in [5.74, 6) is 0.809. The van der Waals surface area contributed by atoms with Crippen molar-refractivity contribution in [3.63, 3.8) is 0 Å². The van der Waals surface area contributed by atoms with Gasteiger partial charge in [-0.15, -0.1) is 0 Å². The molecule has 30 heavy (non-hydrogen) atoms. The molecule has 1 aromatic heterocycles. The Bertz CT molecular complexity index is 902. The lowest BCUT2D eigenvalue weighted by atomic mass is 9.94. The Balaban J connectivity index is 1.95. The van der Waals surface area contributed by atoms with E-state index in [-0.39, 0.29) is 5.75 Å². The number of aromatic nitrogens is 1. The maximum absolute atomic E-state index is 10.5. The predicted octanol–water partition coefficient (Wildman–Crippen LogP) is 6.22. The molecule has 160 valence electrons. The van der Waals surface area contributed by atoms with Gasteiger partial charge in [0.25, 0.3) is 0 Å². The zero-order chi connectivity index (χ0) is 21.5. The van der Waals surface area contributed by atoms with E-state index in [1.54, 1.807) is 24.4 Å². The molecule has 0 aliphatic carbocycles. The highest BCUT2D eigenvalue weighted by atomic mass is 35.5. The van der Waals surface area contributed by atoms with Crippen molar-refractivity contribution in [3.8, 4) is 5.75 Å². The van der Waals surface area contributed by atoms with Crippen molar-refractivity contribution in [1.82, 2.24) is 10.3 Å². The summed E-state index contributed by atoms with van der Waals surface area (Å²) < 4.78 is 0. The number of halogens is 1. The largest absolute Gasteiger partial charge is 0.507 e. The Hall–Kier alpha value is -2.33. The van der Waals surface area contributed by atoms with Gasteiger partial charge in [-0.2, -0.15) is 0 Å². The SMILES string of the molecule is CCCCC(CC(C)CC)NC1=CCN=C(c2c(O)cccc2Cl)c2ccncc21. The van der Waals surface area contributed by atoms with Gasteiger partial charge in [-0.25, -0.2) is 0 Å². The molecular weight excluding hydrogens is 394 g/mol. The van der Waals surface area contributed by atoms with Crippen LogP contribution < -0.4 is 5.32 Å². The van der Waals surface area contributed by atoms with Gasteiger partial charge in [0.05, 0.1) is 22.8 Å². The van der Waals surface area contributed by atoms with E-state index in [2.05, 4.69) is 37.1 Å². The maximum atomic E-state index is 10.5. The maximum Gasteiger partial charge on any atom is 0.126 e. The number of pyridine rings is 1. The summed E-state index contributed by atoms with van der Waals surface area (Å²) in [7, 11) is 0. The molecule has 0 amide bonds. The molecule has 0 spiro atoms. The summed E-state index contributed by atoms with van der Waals surface area (Å²) in [4.78, 5) is 9.16. The number of hydrogen-bond acceptors (Lipinski definition) is 4. The molecule has 4 nitrogen and oxygen atoms in total. The molecule has 1 aliphatic rings. The summed E-state index contributed by atoms with van der Waals surface area (Å²) in [6, 6.07) is 7.53. The quantitative estimate of drug-likeness (QED) is 0.501. The van der Waals surface area contributed by atoms with Crippen LogP contribution in [0.1, 0.15) is 69.6 Å². The minimum absolute atomic E-state index is 0.137. The lowest BCUT2D eigenvalue weighted by molar-refractivity contribution is 0.400. The summed E-state index contributed by atoms with van der Waals surface area (Å²) in [5, 5.41) is 14.8. The molecule has 2 aromatic rings. The Labute approximate surface area is 185 Å². The number of nitrogens with one attached hydrogen (secondary N) is 1. The highest BCUT2D eigenvalue weighted by Crippen LogP contribution is 2.32. The number of benzene rings is 1. The Kier molecular flexibility index (Phi) is 7.92. The van der Waals surface area contributed by atoms with Crippen LogP contribution in [0.25, 0.3) is 5.70 Å². The fourth-order valence-electron chi connectivity index (χ4n) is 3.91. The van der Waals surface area contributed by atoms with E-state index in [4.69, 9.17) is 16.6 Å². The fourth-order valence-corrected chi connectivity index (χ4v) is 4.17. The van der Waals surface area contributed by atoms with Gasteiger partial charge in [0.15, 0.2) is 0 Å². The van der Waals surface area contributed by atoms with Gasteiger partial charge in [-0.05, 0) is 43.0 Å². The van der Waals surface area contributed by atoms with E-state index in [0.29, 0.717) is 34.8 Å². The molecule has 3 rings (SSSR count). The van der Waals surface area contributed by atoms with E-state index < -0.39 is 0 Å². The first-order valence-corrected chi connectivity index (χ1v) is 11.4. The molecule has 0 radical (unpaired) electrons. The topological polar surface area (TPSA) is 57.5 Å². The van der Waals surface area contributed by atoms with E-state index in [0.717, 1.165) is 29.7 Å². The third-order valence-corrected chi connectivity index (χ3v) is 6.10. The average Bonchev–Trinajstić information content (AvgIpc) is 2.92. The molecule has 0 saturated heterocycles. The van der Waals surface area contributed by atoms with Crippen molar-refractivity contribution in [2.75, 3.05) is 6.54 Å². The minimum atomic E-state index is 0.137. The highest BCUT2D eigenvalue weighted by Gasteiger charge is 2.23. The smallest absolute Gasteiger partial charge is 0.126 e. The van der Waals surface area contributed by atoms with Crippen LogP contribution in [0.2, 0.25) is 5.02 Å². The molecule has 0 saturated carbocycles. The van der Waals surface area contributed by atoms with Crippen molar-refractivity contribution >= 4 is 23.0 Å². The lowest BCUT2D eigenvalue weighted by Gasteiger charge is -2.25. The second-order valence-corrected chi connectivity index (χ2v) is 8.50. The Morgan fingerprint density at radius 1 is 1.20 bits per heavy atom. The number of aliphatic imine (C=N–C) groups is 1. The number of nitrogens with zero attached hydrogens (tertiary/aromatic N) is 2. The molecule has 0 fully saturated rings. The second-order valence-electron chi connectivity index (χ2n) is 8.09. The molecule has 2 heterocycles. The molecule has 0 bridgehead atoms. The number of fused-ring (bicyclic) bond motifs is 1. The van der Waals surface area contributed by atoms with Gasteiger partial charge in [0, 0.05) is 35.3 Å². The van der Waals surface area contributed by atoms with Crippen LogP contribution in [-0.2, 0) is 0 Å². The van der Waals surface area contributed by atoms with Crippen LogP contribution in [0.3, 0.4) is 0 Å². The number of aromatic hydroxyl groups is 1. The van der Waals surface area contributed by atoms with Crippen LogP contribution in [0.4, 0.5) is 0 Å². The van der Waals surface area contributed by atoms with Crippen LogP contribution in [0.15, 0.2) is 47.7 Å². The molecule has 1 aromatic carbocycles. The van der Waals surface area contributed by atoms with Crippen molar-refractivity contribution in [2.24, 2.45) is 10.9 Å². The highest BCUT2D eigenvalue weighted by molar-refractivity contribution is 6.36. The van der Waals surface area contributed by atoms with Crippen LogP contribution in [0, 0.1) is 5.92 Å². The van der Waals surface area contributed by atoms with Crippen LogP contribution in [0.5, 0.6) is 5.75 Å². The molecule has 5 heteroatoms. The second kappa shape index (κ2) is 10.6. The summed E-state index contributed by atoms with van der Waals surface area (Å²) in [6.45, 7) is 7.32. The number of unbranched alkanes of at least 4 members (excludes halogenated alkanes) is 1. The van der Waals surface area contributed by atoms with Crippen molar-refractivity contribution in [2.45, 2.75) is 58.9 Å². The van der Waals surface area contributed by atoms with Gasteiger partial charge in [0.2, 0.25) is 0 Å². The summed E-state index contributed by atoms with van der Waals surface area (Å²) >= 11 is 6.44. The fraction of sp³-hybridized carbons (Fsp3) is 0.440. The Morgan fingerprint density at radius 3 is 2.77 bits per heavy atom. The molecule has 1 aliphatic heterocycles. The summed E-state index contributed by atoms with van der Waals surface area (Å²) in [5.41, 5.74) is 4.27. The molecule has 2 N–H and O–H groups in total. The van der Waals surface area contributed by atoms with Gasteiger partial charge in [-0.1, -0.05) is 57.7 Å². The monoisotopic (exact) mass is 425 g/mol. The number of phenols is 1. The van der Waals surface area contributed by atoms with Gasteiger partial charge >= 0.3 is 0 Å². The summed E-state index contributed by atoms with van der Waals surface area (Å²) in [6.07, 6.45) is 11.6. The zero-order valence-corrected chi connectivity index (χ0v) is 18.9. The van der Waals surface area contributed by atoms with E-state index >= 15 is 0 Å². The Morgan fingerprint density at radius 2 is 2.03 bits per heavy atom. The first-order valence-electron chi connectivity index (χ1n) is 11.0. The van der Waals surface area contributed by atoms with E-state index in [1.165, 1.54) is 19.3 Å². The molecule has 2 atom stereocenters. The lowest BCUT2D eigenvalue weighted by Crippen LogP contribution is -2.30. The normalized spacial score (nSPS) is 15.5. The molecular formula is C25H32ClN3O. The third kappa shape index (κ3) is 5.23.